The van der Waals surface area contributed by atoms with E-state index in [1.54, 1.807) is 10.0 Å². The Morgan fingerprint density at radius 3 is 2.36 bits per heavy atom. The number of rotatable bonds is 3. The molecule has 0 spiro atoms. The number of aliphatic hydroxyl groups excluding tert-OH is 1. The molecular formula is C16H15BrN2OS2. The molecule has 0 saturated carbocycles. The van der Waals surface area contributed by atoms with Crippen LogP contribution in [0.4, 0.5) is 5.69 Å². The highest BCUT2D eigenvalue weighted by Gasteiger charge is 2.17. The van der Waals surface area contributed by atoms with Crippen molar-refractivity contribution in [3.05, 3.63) is 53.0 Å². The van der Waals surface area contributed by atoms with Gasteiger partial charge in [0.15, 0.2) is 0 Å². The molecule has 0 aliphatic rings. The van der Waals surface area contributed by atoms with Gasteiger partial charge in [-0.3, -0.25) is 0 Å². The van der Waals surface area contributed by atoms with Crippen LogP contribution in [0.3, 0.4) is 0 Å². The SMILES string of the molecule is CN(C)N(C(O)=S=C=S)c1ccccc1-c1ccc(Br)cc1. The van der Waals surface area contributed by atoms with Crippen LogP contribution in [0.25, 0.3) is 11.1 Å². The minimum Gasteiger partial charge on any atom is -0.337 e. The predicted octanol–water partition coefficient (Wildman–Crippen LogP) is 4.61. The van der Waals surface area contributed by atoms with E-state index in [2.05, 4.69) is 20.2 Å². The van der Waals surface area contributed by atoms with E-state index in [1.165, 1.54) is 0 Å². The summed E-state index contributed by atoms with van der Waals surface area (Å²) in [4.78, 5) is 0. The third-order valence-electron chi connectivity index (χ3n) is 3.00. The summed E-state index contributed by atoms with van der Waals surface area (Å²) in [6.07, 6.45) is 0. The van der Waals surface area contributed by atoms with Gasteiger partial charge < -0.3 is 5.11 Å². The first-order valence-corrected chi connectivity index (χ1v) is 8.48. The summed E-state index contributed by atoms with van der Waals surface area (Å²) in [6.45, 7) is 0. The number of nitrogens with zero attached hydrogens (tertiary/aromatic N) is 2. The number of hydrazine groups is 1. The molecule has 0 radical (unpaired) electrons. The molecule has 2 rings (SSSR count). The van der Waals surface area contributed by atoms with Crippen molar-refractivity contribution in [2.45, 2.75) is 0 Å². The largest absolute Gasteiger partial charge is 0.337 e. The molecule has 114 valence electrons. The molecule has 0 heterocycles. The number of hydrogen-bond acceptors (Lipinski definition) is 2. The normalized spacial score (nSPS) is 10.2. The molecule has 1 N–H and O–H groups in total. The second-order valence-electron chi connectivity index (χ2n) is 4.65. The molecule has 2 aromatic carbocycles. The van der Waals surface area contributed by atoms with Gasteiger partial charge in [0, 0.05) is 28.4 Å². The summed E-state index contributed by atoms with van der Waals surface area (Å²) < 4.78 is 3.50. The van der Waals surface area contributed by atoms with Gasteiger partial charge in [0.05, 0.1) is 5.69 Å². The quantitative estimate of drug-likeness (QED) is 0.607. The standard InChI is InChI=1S/C16H15BrN2OS2/c1-18(2)19(16(20)22-11-21)15-6-4-3-5-14(15)12-7-9-13(17)10-8-12/h3-10,20H,1-2H3. The van der Waals surface area contributed by atoms with Crippen LogP contribution in [-0.2, 0) is 0 Å². The molecule has 0 saturated heterocycles. The van der Waals surface area contributed by atoms with Crippen molar-refractivity contribution in [3.8, 4) is 11.1 Å². The van der Waals surface area contributed by atoms with Crippen molar-refractivity contribution >= 4 is 54.3 Å². The molecule has 2 aromatic rings. The average molecular weight is 395 g/mol. The number of aliphatic hydroxyl groups is 1. The van der Waals surface area contributed by atoms with E-state index in [0.29, 0.717) is 0 Å². The Labute approximate surface area is 147 Å². The van der Waals surface area contributed by atoms with Crippen LogP contribution in [0.2, 0.25) is 0 Å². The first kappa shape index (κ1) is 17.1. The second kappa shape index (κ2) is 7.83. The minimum atomic E-state index is 0.0598. The number of hydrogen-bond donors (Lipinski definition) is 1. The van der Waals surface area contributed by atoms with Gasteiger partial charge in [-0.05, 0) is 46.9 Å². The van der Waals surface area contributed by atoms with Gasteiger partial charge in [0.25, 0.3) is 0 Å². The van der Waals surface area contributed by atoms with E-state index in [1.807, 2.05) is 62.6 Å². The lowest BCUT2D eigenvalue weighted by molar-refractivity contribution is 0.393. The zero-order valence-corrected chi connectivity index (χ0v) is 15.4. The summed E-state index contributed by atoms with van der Waals surface area (Å²) in [7, 11) is 4.70. The summed E-state index contributed by atoms with van der Waals surface area (Å²) in [6, 6.07) is 16.0. The minimum absolute atomic E-state index is 0.0598. The van der Waals surface area contributed by atoms with E-state index in [-0.39, 0.29) is 5.17 Å². The highest BCUT2D eigenvalue weighted by atomic mass is 79.9. The summed E-state index contributed by atoms with van der Waals surface area (Å²) in [5, 5.41) is 13.8. The Bertz CT molecular complexity index is 749. The van der Waals surface area contributed by atoms with Gasteiger partial charge >= 0.3 is 0 Å². The number of benzene rings is 2. The number of halogens is 1. The van der Waals surface area contributed by atoms with Crippen molar-refractivity contribution < 1.29 is 5.11 Å². The summed E-state index contributed by atoms with van der Waals surface area (Å²) >= 11 is 8.15. The van der Waals surface area contributed by atoms with Crippen LogP contribution < -0.4 is 5.01 Å². The fraction of sp³-hybridized carbons (Fsp3) is 0.125. The molecule has 6 heteroatoms. The zero-order chi connectivity index (χ0) is 16.1. The maximum atomic E-state index is 10.3. The van der Waals surface area contributed by atoms with Crippen LogP contribution in [0.1, 0.15) is 0 Å². The van der Waals surface area contributed by atoms with E-state index in [9.17, 15) is 5.11 Å². The Hall–Kier alpha value is -1.27. The fourth-order valence-electron chi connectivity index (χ4n) is 2.10. The van der Waals surface area contributed by atoms with Crippen LogP contribution in [-0.4, -0.2) is 33.7 Å². The molecule has 0 fully saturated rings. The third-order valence-corrected chi connectivity index (χ3v) is 4.22. The average Bonchev–Trinajstić information content (AvgIpc) is 2.49. The first-order valence-electron chi connectivity index (χ1n) is 6.47. The molecule has 22 heavy (non-hydrogen) atoms. The van der Waals surface area contributed by atoms with Crippen LogP contribution in [0.15, 0.2) is 53.0 Å². The number of anilines is 1. The van der Waals surface area contributed by atoms with Crippen molar-refractivity contribution in [3.63, 3.8) is 0 Å². The second-order valence-corrected chi connectivity index (χ2v) is 6.80. The van der Waals surface area contributed by atoms with Gasteiger partial charge in [-0.1, -0.05) is 46.3 Å². The van der Waals surface area contributed by atoms with Crippen molar-refractivity contribution in [2.24, 2.45) is 0 Å². The summed E-state index contributed by atoms with van der Waals surface area (Å²) in [5.41, 5.74) is 2.94. The zero-order valence-electron chi connectivity index (χ0n) is 12.2. The first-order chi connectivity index (χ1) is 10.5. The molecule has 0 aromatic heterocycles. The lowest BCUT2D eigenvalue weighted by atomic mass is 10.0. The molecular weight excluding hydrogens is 380 g/mol. The smallest absolute Gasteiger partial charge is 0.227 e. The van der Waals surface area contributed by atoms with Crippen molar-refractivity contribution in [2.75, 3.05) is 19.1 Å². The van der Waals surface area contributed by atoms with E-state index in [0.717, 1.165) is 32.2 Å². The molecule has 3 nitrogen and oxygen atoms in total. The van der Waals surface area contributed by atoms with E-state index < -0.39 is 0 Å². The molecule has 0 amide bonds. The topological polar surface area (TPSA) is 26.7 Å². The monoisotopic (exact) mass is 394 g/mol. The van der Waals surface area contributed by atoms with Gasteiger partial charge in [-0.15, -0.1) is 0 Å². The van der Waals surface area contributed by atoms with Crippen molar-refractivity contribution in [1.82, 2.24) is 5.01 Å². The fourth-order valence-corrected chi connectivity index (χ4v) is 3.01. The molecule has 0 aliphatic carbocycles. The maximum Gasteiger partial charge on any atom is 0.227 e. The molecule has 0 atom stereocenters. The van der Waals surface area contributed by atoms with E-state index >= 15 is 0 Å². The van der Waals surface area contributed by atoms with Gasteiger partial charge in [0.2, 0.25) is 5.17 Å². The molecule has 0 unspecified atom stereocenters. The van der Waals surface area contributed by atoms with Gasteiger partial charge in [-0.25, -0.2) is 10.0 Å². The number of thiocarbonyl (C=S) groups is 1. The van der Waals surface area contributed by atoms with Crippen molar-refractivity contribution in [1.29, 1.82) is 0 Å². The molecule has 0 aliphatic heterocycles. The van der Waals surface area contributed by atoms with Gasteiger partial charge in [0.1, 0.15) is 0 Å². The highest BCUT2D eigenvalue weighted by molar-refractivity contribution is 9.10. The summed E-state index contributed by atoms with van der Waals surface area (Å²) in [5.74, 6) is 0. The Morgan fingerprint density at radius 1 is 1.14 bits per heavy atom. The maximum absolute atomic E-state index is 10.3. The lowest BCUT2D eigenvalue weighted by Crippen LogP contribution is -2.41. The lowest BCUT2D eigenvalue weighted by Gasteiger charge is -2.30. The van der Waals surface area contributed by atoms with Crippen LogP contribution >= 0.6 is 39.1 Å². The third kappa shape index (κ3) is 3.93. The predicted molar refractivity (Wildman–Crippen MR) is 104 cm³/mol. The van der Waals surface area contributed by atoms with Crippen LogP contribution in [0.5, 0.6) is 0 Å². The van der Waals surface area contributed by atoms with E-state index in [4.69, 9.17) is 12.2 Å². The van der Waals surface area contributed by atoms with Crippen LogP contribution in [0, 0.1) is 0 Å². The Morgan fingerprint density at radius 2 is 1.77 bits per heavy atom. The Kier molecular flexibility index (Phi) is 6.08. The highest BCUT2D eigenvalue weighted by Crippen LogP contribution is 2.32. The van der Waals surface area contributed by atoms with Gasteiger partial charge in [-0.2, -0.15) is 0 Å². The molecule has 0 bridgehead atoms. The number of para-hydroxylation sites is 1. The Balaban J connectivity index is 2.62.